The molecule has 0 saturated heterocycles. The van der Waals surface area contributed by atoms with E-state index in [1.807, 2.05) is 6.92 Å². The summed E-state index contributed by atoms with van der Waals surface area (Å²) in [6.07, 6.45) is 11.6. The molecule has 0 saturated carbocycles. The van der Waals surface area contributed by atoms with Crippen LogP contribution in [0.15, 0.2) is 67.1 Å². The Kier molecular flexibility index (Phi) is 10.4. The molecule has 4 atom stereocenters. The lowest BCUT2D eigenvalue weighted by atomic mass is 9.83. The molecule has 5 heterocycles. The van der Waals surface area contributed by atoms with Gasteiger partial charge in [-0.15, -0.1) is 0 Å². The molecule has 48 heavy (non-hydrogen) atoms. The number of unbranched alkanes of at least 4 members (excludes halogenated alkanes) is 3. The number of aromatic amines is 1. The van der Waals surface area contributed by atoms with Crippen molar-refractivity contribution in [2.45, 2.75) is 111 Å². The van der Waals surface area contributed by atoms with E-state index in [-0.39, 0.29) is 54.6 Å². The largest absolute Gasteiger partial charge is 0.449 e. The Morgan fingerprint density at radius 3 is 2.71 bits per heavy atom. The number of hydrogen-bond donors (Lipinski definition) is 2. The Morgan fingerprint density at radius 2 is 1.96 bits per heavy atom. The highest BCUT2D eigenvalue weighted by Crippen LogP contribution is 2.45. The zero-order chi connectivity index (χ0) is 34.1. The minimum atomic E-state index is -0.336. The van der Waals surface area contributed by atoms with Crippen molar-refractivity contribution in [1.82, 2.24) is 10.3 Å². The second-order valence-electron chi connectivity index (χ2n) is 13.8. The van der Waals surface area contributed by atoms with E-state index in [0.717, 1.165) is 76.9 Å². The molecular weight excluding hydrogens is 624 g/mol. The summed E-state index contributed by atoms with van der Waals surface area (Å²) in [5.41, 5.74) is 12.8. The molecule has 8 bridgehead atoms. The highest BCUT2D eigenvalue weighted by Gasteiger charge is 2.42. The van der Waals surface area contributed by atoms with Crippen LogP contribution in [-0.4, -0.2) is 46.9 Å². The maximum Gasteiger partial charge on any atom is 0.307 e. The molecular formula is C39H49ClN4O4. The number of ketones is 1. The topological polar surface area (TPSA) is 105 Å². The average molecular weight is 673 g/mol. The first-order valence-corrected chi connectivity index (χ1v) is 18.3. The van der Waals surface area contributed by atoms with Gasteiger partial charge in [-0.05, 0) is 75.0 Å². The summed E-state index contributed by atoms with van der Waals surface area (Å²) in [4.78, 5) is 40.1. The van der Waals surface area contributed by atoms with E-state index < -0.39 is 0 Å². The summed E-state index contributed by atoms with van der Waals surface area (Å²) in [5, 5.41) is 3.82. The van der Waals surface area contributed by atoms with Crippen molar-refractivity contribution in [2.24, 2.45) is 21.8 Å². The lowest BCUT2D eigenvalue weighted by Gasteiger charge is -2.18. The molecule has 0 spiro atoms. The molecule has 0 radical (unpaired) electrons. The number of carbonyl (C=O) groups excluding carboxylic acids is 2. The van der Waals surface area contributed by atoms with Crippen LogP contribution >= 0.6 is 11.6 Å². The molecule has 1 aliphatic carbocycles. The zero-order valence-electron chi connectivity index (χ0n) is 29.2. The number of ether oxygens (including phenoxy) is 2. The van der Waals surface area contributed by atoms with Gasteiger partial charge in [-0.1, -0.05) is 51.6 Å². The number of H-pyrrole nitrogens is 1. The first-order valence-electron chi connectivity index (χ1n) is 17.7. The van der Waals surface area contributed by atoms with Gasteiger partial charge < -0.3 is 19.8 Å². The number of aromatic nitrogens is 1. The van der Waals surface area contributed by atoms with E-state index in [2.05, 4.69) is 63.1 Å². The van der Waals surface area contributed by atoms with Crippen molar-refractivity contribution >= 4 is 40.9 Å². The number of Topliss-reactive ketones (excluding diaryl/α,β-unsaturated/α-hetero) is 1. The van der Waals surface area contributed by atoms with E-state index in [4.69, 9.17) is 31.1 Å². The van der Waals surface area contributed by atoms with E-state index in [0.29, 0.717) is 12.0 Å². The fourth-order valence-electron chi connectivity index (χ4n) is 7.96. The Labute approximate surface area is 289 Å². The maximum atomic E-state index is 13.6. The maximum absolute atomic E-state index is 13.6. The number of aliphatic imine (C=N–C) groups is 2. The first-order chi connectivity index (χ1) is 23.1. The van der Waals surface area contributed by atoms with Gasteiger partial charge >= 0.3 is 5.97 Å². The van der Waals surface area contributed by atoms with E-state index in [1.165, 1.54) is 36.0 Å². The quantitative estimate of drug-likeness (QED) is 0.132. The van der Waals surface area contributed by atoms with Crippen molar-refractivity contribution in [3.05, 3.63) is 74.1 Å². The van der Waals surface area contributed by atoms with Gasteiger partial charge in [-0.3, -0.25) is 14.6 Å². The third-order valence-electron chi connectivity index (χ3n) is 10.7. The van der Waals surface area contributed by atoms with E-state index >= 15 is 0 Å². The molecule has 2 N–H and O–H groups in total. The molecule has 5 aliphatic rings. The number of alkyl halides is 1. The summed E-state index contributed by atoms with van der Waals surface area (Å²) < 4.78 is 11.5. The van der Waals surface area contributed by atoms with Crippen LogP contribution in [0.5, 0.6) is 0 Å². The highest BCUT2D eigenvalue weighted by molar-refractivity contribution is 6.25. The summed E-state index contributed by atoms with van der Waals surface area (Å²) in [6, 6.07) is 2.16. The van der Waals surface area contributed by atoms with Gasteiger partial charge in [0.1, 0.15) is 0 Å². The monoisotopic (exact) mass is 672 g/mol. The van der Waals surface area contributed by atoms with Gasteiger partial charge in [0.15, 0.2) is 11.8 Å². The smallest absolute Gasteiger partial charge is 0.307 e. The predicted molar refractivity (Wildman–Crippen MR) is 192 cm³/mol. The molecule has 8 nitrogen and oxygen atoms in total. The van der Waals surface area contributed by atoms with Crippen LogP contribution in [0.3, 0.4) is 0 Å². The Balaban J connectivity index is 1.46. The molecule has 256 valence electrons. The van der Waals surface area contributed by atoms with Crippen LogP contribution < -0.4 is 5.32 Å². The lowest BCUT2D eigenvalue weighted by molar-refractivity contribution is -0.141. The third kappa shape index (κ3) is 6.58. The van der Waals surface area contributed by atoms with Gasteiger partial charge in [0.05, 0.1) is 29.3 Å². The second-order valence-corrected chi connectivity index (χ2v) is 14.0. The van der Waals surface area contributed by atoms with Crippen LogP contribution in [0.2, 0.25) is 0 Å². The molecule has 0 aromatic carbocycles. The summed E-state index contributed by atoms with van der Waals surface area (Å²) in [7, 11) is 0. The number of halogens is 1. The second kappa shape index (κ2) is 14.6. The molecule has 4 aliphatic heterocycles. The number of carbonyl (C=O) groups is 2. The Hall–Kier alpha value is -3.49. The number of allylic oxidation sites excluding steroid dienone is 6. The van der Waals surface area contributed by atoms with Crippen LogP contribution in [0.4, 0.5) is 0 Å². The highest BCUT2D eigenvalue weighted by atomic mass is 35.5. The third-order valence-corrected chi connectivity index (χ3v) is 10.9. The summed E-state index contributed by atoms with van der Waals surface area (Å²) >= 11 is 5.68. The fourth-order valence-corrected chi connectivity index (χ4v) is 8.08. The number of esters is 1. The fraction of sp³-hybridized carbons (Fsp3) is 0.538. The van der Waals surface area contributed by atoms with Gasteiger partial charge in [0.2, 0.25) is 0 Å². The summed E-state index contributed by atoms with van der Waals surface area (Å²) in [5.74, 6) is -0.319. The molecule has 1 aromatic heterocycles. The minimum absolute atomic E-state index is 0.0150. The predicted octanol–water partition coefficient (Wildman–Crippen LogP) is 8.38. The van der Waals surface area contributed by atoms with E-state index in [9.17, 15) is 9.59 Å². The standard InChI is InChI=1S/C39H49ClN4O4/c1-7-9-10-11-14-47-24(6)28-15-25-16-30-22(4)27(12-13-36(46)48-20-40)38(43-30)29-17-35(45)37-23(5)32(44-39(29)37)19-33-26(8-2)21(3)31(42-33)18-34(28)41-25/h15-16,19,22,24,27,31,41-42H,7-14,17-18,20H2,1-6H3/b30-16-,33-19-/t22?,24?,27-,31?/m0/s1. The molecule has 9 heteroatoms. The van der Waals surface area contributed by atoms with E-state index in [1.54, 1.807) is 0 Å². The van der Waals surface area contributed by atoms with Crippen LogP contribution in [0, 0.1) is 11.8 Å². The number of nitrogens with zero attached hydrogens (tertiary/aromatic N) is 2. The molecule has 0 amide bonds. The van der Waals surface area contributed by atoms with Crippen molar-refractivity contribution in [3.8, 4) is 0 Å². The van der Waals surface area contributed by atoms with Crippen LogP contribution in [-0.2, 0) is 25.5 Å². The molecule has 3 unspecified atom stereocenters. The number of fused-ring (bicyclic) bond motifs is 6. The number of hydrogen-bond acceptors (Lipinski definition) is 7. The van der Waals surface area contributed by atoms with Crippen molar-refractivity contribution < 1.29 is 19.1 Å². The summed E-state index contributed by atoms with van der Waals surface area (Å²) in [6.45, 7) is 13.7. The van der Waals surface area contributed by atoms with Crippen molar-refractivity contribution in [1.29, 1.82) is 0 Å². The zero-order valence-corrected chi connectivity index (χ0v) is 30.0. The number of nitrogens with one attached hydrogen (secondary N) is 2. The Morgan fingerprint density at radius 1 is 1.15 bits per heavy atom. The average Bonchev–Trinajstić information content (AvgIpc) is 3.83. The van der Waals surface area contributed by atoms with Gasteiger partial charge in [-0.25, -0.2) is 4.99 Å². The molecule has 0 fully saturated rings. The van der Waals surface area contributed by atoms with Crippen molar-refractivity contribution in [2.75, 3.05) is 12.7 Å². The normalized spacial score (nSPS) is 26.0. The SMILES string of the molecule is CCCCCCOC(C)c1cc2[nH]c1CC1N/C(=C\C3=NC4=C(CC(=O)C4=C3C)C3=N/C(=C\2)C(C)[C@@H]3CCC(=O)OCCl)C(CC)=C1C. The molecule has 1 aromatic rings. The minimum Gasteiger partial charge on any atom is -0.449 e. The Bertz CT molecular complexity index is 1720. The van der Waals surface area contributed by atoms with Gasteiger partial charge in [0, 0.05) is 77.2 Å². The lowest BCUT2D eigenvalue weighted by Crippen LogP contribution is -2.27. The molecule has 6 rings (SSSR count). The van der Waals surface area contributed by atoms with Crippen LogP contribution in [0.1, 0.15) is 116 Å². The van der Waals surface area contributed by atoms with Gasteiger partial charge in [-0.2, -0.15) is 0 Å². The van der Waals surface area contributed by atoms with Crippen LogP contribution in [0.25, 0.3) is 6.08 Å². The van der Waals surface area contributed by atoms with Crippen molar-refractivity contribution in [3.63, 3.8) is 0 Å². The number of rotatable bonds is 12. The van der Waals surface area contributed by atoms with Gasteiger partial charge in [0.25, 0.3) is 0 Å². The first kappa shape index (κ1) is 34.4.